The third-order valence-electron chi connectivity index (χ3n) is 4.01. The molecule has 0 bridgehead atoms. The molecule has 0 amide bonds. The Bertz CT molecular complexity index is 697. The van der Waals surface area contributed by atoms with Crippen molar-refractivity contribution >= 4 is 51.4 Å². The van der Waals surface area contributed by atoms with E-state index in [9.17, 15) is 8.42 Å². The van der Waals surface area contributed by atoms with Crippen molar-refractivity contribution in [3.63, 3.8) is 0 Å². The van der Waals surface area contributed by atoms with Crippen LogP contribution in [0.1, 0.15) is 38.2 Å². The third kappa shape index (κ3) is 8.13. The van der Waals surface area contributed by atoms with E-state index in [0.29, 0.717) is 24.9 Å². The first-order valence-electron chi connectivity index (χ1n) is 8.29. The van der Waals surface area contributed by atoms with Crippen LogP contribution in [0.5, 0.6) is 0 Å². The summed E-state index contributed by atoms with van der Waals surface area (Å²) in [6, 6.07) is 8.33. The van der Waals surface area contributed by atoms with Gasteiger partial charge < -0.3 is 10.6 Å². The molecule has 0 aromatic heterocycles. The van der Waals surface area contributed by atoms with Gasteiger partial charge in [0.2, 0.25) is 0 Å². The van der Waals surface area contributed by atoms with Crippen LogP contribution in [0.25, 0.3) is 0 Å². The van der Waals surface area contributed by atoms with Crippen LogP contribution in [-0.4, -0.2) is 45.0 Å². The minimum Gasteiger partial charge on any atom is -0.354 e. The average Bonchev–Trinajstić information content (AvgIpc) is 3.24. The molecule has 2 rings (SSSR count). The van der Waals surface area contributed by atoms with Crippen LogP contribution in [0.15, 0.2) is 29.3 Å². The van der Waals surface area contributed by atoms with Crippen LogP contribution < -0.4 is 10.6 Å². The summed E-state index contributed by atoms with van der Waals surface area (Å²) in [4.78, 5) is 4.45. The lowest BCUT2D eigenvalue weighted by Crippen LogP contribution is -2.44. The molecule has 1 aliphatic carbocycles. The van der Waals surface area contributed by atoms with Gasteiger partial charge in [0.1, 0.15) is 9.84 Å². The second-order valence-electron chi connectivity index (χ2n) is 6.43. The van der Waals surface area contributed by atoms with E-state index in [-0.39, 0.29) is 35.8 Å². The Morgan fingerprint density at radius 1 is 1.44 bits per heavy atom. The Balaban J connectivity index is 0.00000312. The van der Waals surface area contributed by atoms with Crippen molar-refractivity contribution in [1.29, 1.82) is 0 Å². The van der Waals surface area contributed by atoms with Gasteiger partial charge in [0, 0.05) is 35.8 Å². The minimum absolute atomic E-state index is 0. The number of halogens is 2. The largest absolute Gasteiger partial charge is 0.354 e. The van der Waals surface area contributed by atoms with Crippen molar-refractivity contribution in [3.05, 3.63) is 34.9 Å². The fraction of sp³-hybridized carbons (Fsp3) is 0.588. The summed E-state index contributed by atoms with van der Waals surface area (Å²) in [6.45, 7) is 4.62. The summed E-state index contributed by atoms with van der Waals surface area (Å²) in [7, 11) is -2.94. The Kier molecular flexibility index (Phi) is 8.97. The summed E-state index contributed by atoms with van der Waals surface area (Å²) in [5.74, 6) is 1.36. The standard InChI is InChI=1S/C17H26ClN3O2S.HI/c1-4-19-17(20-12(2)8-9-24(3,22)23)21-16-11-15(16)13-6-5-7-14(18)10-13;/h5-7,10,12,15-16H,4,8-9,11H2,1-3H3,(H2,19,20,21);1H. The third-order valence-corrected chi connectivity index (χ3v) is 5.22. The molecule has 25 heavy (non-hydrogen) atoms. The van der Waals surface area contributed by atoms with Gasteiger partial charge in [-0.25, -0.2) is 8.42 Å². The van der Waals surface area contributed by atoms with Gasteiger partial charge in [0.15, 0.2) is 5.96 Å². The van der Waals surface area contributed by atoms with Gasteiger partial charge in [0.25, 0.3) is 0 Å². The number of rotatable bonds is 7. The zero-order chi connectivity index (χ0) is 17.7. The topological polar surface area (TPSA) is 70.6 Å². The highest BCUT2D eigenvalue weighted by molar-refractivity contribution is 14.0. The highest BCUT2D eigenvalue weighted by atomic mass is 127. The molecule has 0 saturated heterocycles. The van der Waals surface area contributed by atoms with Crippen molar-refractivity contribution in [3.8, 4) is 0 Å². The van der Waals surface area contributed by atoms with Crippen molar-refractivity contribution in [2.24, 2.45) is 4.99 Å². The number of nitrogens with one attached hydrogen (secondary N) is 2. The first-order valence-corrected chi connectivity index (χ1v) is 10.7. The molecule has 5 nitrogen and oxygen atoms in total. The van der Waals surface area contributed by atoms with Crippen LogP contribution in [0.2, 0.25) is 5.02 Å². The van der Waals surface area contributed by atoms with Gasteiger partial charge >= 0.3 is 0 Å². The minimum atomic E-state index is -2.94. The van der Waals surface area contributed by atoms with Crippen LogP contribution in [-0.2, 0) is 9.84 Å². The van der Waals surface area contributed by atoms with Crippen LogP contribution in [0, 0.1) is 0 Å². The SMILES string of the molecule is CCN=C(NC(C)CCS(C)(=O)=O)NC1CC1c1cccc(Cl)c1.I. The highest BCUT2D eigenvalue weighted by Crippen LogP contribution is 2.41. The van der Waals surface area contributed by atoms with Gasteiger partial charge in [-0.1, -0.05) is 23.7 Å². The molecule has 3 atom stereocenters. The molecule has 1 saturated carbocycles. The number of nitrogens with zero attached hydrogens (tertiary/aromatic N) is 1. The predicted octanol–water partition coefficient (Wildman–Crippen LogP) is 3.19. The molecular weight excluding hydrogens is 473 g/mol. The molecule has 0 heterocycles. The van der Waals surface area contributed by atoms with Crippen molar-refractivity contribution in [1.82, 2.24) is 10.6 Å². The molecule has 1 fully saturated rings. The molecule has 0 aliphatic heterocycles. The summed E-state index contributed by atoms with van der Waals surface area (Å²) < 4.78 is 22.6. The van der Waals surface area contributed by atoms with Crippen LogP contribution in [0.3, 0.4) is 0 Å². The number of sulfone groups is 1. The monoisotopic (exact) mass is 499 g/mol. The van der Waals surface area contributed by atoms with E-state index in [1.807, 2.05) is 32.0 Å². The Morgan fingerprint density at radius 3 is 2.76 bits per heavy atom. The second-order valence-corrected chi connectivity index (χ2v) is 9.13. The summed E-state index contributed by atoms with van der Waals surface area (Å²) in [5.41, 5.74) is 1.24. The van der Waals surface area contributed by atoms with Gasteiger partial charge in [0.05, 0.1) is 5.75 Å². The first kappa shape index (κ1) is 22.5. The Morgan fingerprint density at radius 2 is 2.16 bits per heavy atom. The van der Waals surface area contributed by atoms with Crippen molar-refractivity contribution in [2.45, 2.75) is 44.7 Å². The summed E-state index contributed by atoms with van der Waals surface area (Å²) in [6.07, 6.45) is 2.87. The fourth-order valence-electron chi connectivity index (χ4n) is 2.62. The van der Waals surface area contributed by atoms with E-state index in [1.54, 1.807) is 0 Å². The number of guanidine groups is 1. The molecule has 2 N–H and O–H groups in total. The summed E-state index contributed by atoms with van der Waals surface area (Å²) in [5, 5.41) is 7.49. The van der Waals surface area contributed by atoms with Gasteiger partial charge in [-0.3, -0.25) is 4.99 Å². The maximum absolute atomic E-state index is 11.3. The van der Waals surface area contributed by atoms with E-state index in [1.165, 1.54) is 11.8 Å². The lowest BCUT2D eigenvalue weighted by molar-refractivity contribution is 0.580. The fourth-order valence-corrected chi connectivity index (χ4v) is 3.60. The maximum atomic E-state index is 11.3. The maximum Gasteiger partial charge on any atom is 0.191 e. The van der Waals surface area contributed by atoms with Crippen molar-refractivity contribution in [2.75, 3.05) is 18.6 Å². The van der Waals surface area contributed by atoms with Gasteiger partial charge in [-0.2, -0.15) is 0 Å². The Hall–Kier alpha value is -0.540. The molecule has 142 valence electrons. The lowest BCUT2D eigenvalue weighted by Gasteiger charge is -2.18. The van der Waals surface area contributed by atoms with Gasteiger partial charge in [-0.05, 0) is 44.4 Å². The van der Waals surface area contributed by atoms with E-state index in [0.717, 1.165) is 17.4 Å². The smallest absolute Gasteiger partial charge is 0.191 e. The van der Waals surface area contributed by atoms with Crippen molar-refractivity contribution < 1.29 is 8.42 Å². The molecule has 0 radical (unpaired) electrons. The molecule has 1 aliphatic rings. The number of aliphatic imine (C=N–C) groups is 1. The lowest BCUT2D eigenvalue weighted by atomic mass is 10.1. The zero-order valence-corrected chi connectivity index (χ0v) is 18.7. The molecule has 8 heteroatoms. The molecule has 1 aromatic rings. The quantitative estimate of drug-likeness (QED) is 0.343. The number of hydrogen-bond donors (Lipinski definition) is 2. The predicted molar refractivity (Wildman–Crippen MR) is 116 cm³/mol. The number of benzene rings is 1. The van der Waals surface area contributed by atoms with Crippen LogP contribution >= 0.6 is 35.6 Å². The molecule has 3 unspecified atom stereocenters. The first-order chi connectivity index (χ1) is 11.3. The van der Waals surface area contributed by atoms with E-state index < -0.39 is 9.84 Å². The van der Waals surface area contributed by atoms with Crippen LogP contribution in [0.4, 0.5) is 0 Å². The molecular formula is C17H27ClIN3O2S. The second kappa shape index (κ2) is 9.97. The Labute approximate surface area is 173 Å². The normalized spacial score (nSPS) is 21.2. The molecule has 0 spiro atoms. The van der Waals surface area contributed by atoms with E-state index in [2.05, 4.69) is 21.7 Å². The number of hydrogen-bond acceptors (Lipinski definition) is 3. The zero-order valence-electron chi connectivity index (χ0n) is 14.8. The molecule has 1 aromatic carbocycles. The average molecular weight is 500 g/mol. The summed E-state index contributed by atoms with van der Waals surface area (Å²) >= 11 is 6.05. The van der Waals surface area contributed by atoms with Gasteiger partial charge in [-0.15, -0.1) is 24.0 Å². The highest BCUT2D eigenvalue weighted by Gasteiger charge is 2.39. The van der Waals surface area contributed by atoms with E-state index in [4.69, 9.17) is 11.6 Å². The van der Waals surface area contributed by atoms with E-state index >= 15 is 0 Å².